The topological polar surface area (TPSA) is 60.3 Å². The molecule has 1 atom stereocenters. The predicted molar refractivity (Wildman–Crippen MR) is 140 cm³/mol. The monoisotopic (exact) mass is 576 g/mol. The maximum absolute atomic E-state index is 13.6. The summed E-state index contributed by atoms with van der Waals surface area (Å²) in [7, 11) is 1.40. The third kappa shape index (κ3) is 6.98. The number of hydrogen-bond donors (Lipinski definition) is 0. The van der Waals surface area contributed by atoms with Gasteiger partial charge in [0.25, 0.3) is 5.91 Å². The van der Waals surface area contributed by atoms with Crippen molar-refractivity contribution in [3.8, 4) is 5.75 Å². The van der Waals surface area contributed by atoms with Crippen molar-refractivity contribution in [3.05, 3.63) is 107 Å². The average molecular weight is 577 g/mol. The highest BCUT2D eigenvalue weighted by molar-refractivity contribution is 7.99. The SMILES string of the molecule is CC(c1nnc(SCCOc2ccc(F)cc2)n1Cc1ccc(F)cc1)N(C)C(=O)c1ccccc1C(F)(F)F. The Hall–Kier alpha value is -3.93. The van der Waals surface area contributed by atoms with E-state index in [9.17, 15) is 26.7 Å². The molecule has 4 rings (SSSR count). The van der Waals surface area contributed by atoms with E-state index in [0.29, 0.717) is 22.5 Å². The van der Waals surface area contributed by atoms with Crippen molar-refractivity contribution in [2.75, 3.05) is 19.4 Å². The molecule has 40 heavy (non-hydrogen) atoms. The summed E-state index contributed by atoms with van der Waals surface area (Å²) in [6.07, 6.45) is -4.70. The summed E-state index contributed by atoms with van der Waals surface area (Å²) >= 11 is 1.32. The van der Waals surface area contributed by atoms with Crippen LogP contribution in [0.2, 0.25) is 0 Å². The summed E-state index contributed by atoms with van der Waals surface area (Å²) in [6.45, 7) is 2.15. The van der Waals surface area contributed by atoms with Gasteiger partial charge in [-0.3, -0.25) is 9.36 Å². The van der Waals surface area contributed by atoms with E-state index in [1.54, 1.807) is 23.6 Å². The van der Waals surface area contributed by atoms with Crippen molar-refractivity contribution in [1.29, 1.82) is 0 Å². The van der Waals surface area contributed by atoms with Crippen molar-refractivity contribution in [1.82, 2.24) is 19.7 Å². The van der Waals surface area contributed by atoms with E-state index >= 15 is 0 Å². The molecular weight excluding hydrogens is 551 g/mol. The summed E-state index contributed by atoms with van der Waals surface area (Å²) in [5.41, 5.74) is -0.763. The van der Waals surface area contributed by atoms with Crippen LogP contribution in [0, 0.1) is 11.6 Å². The standard InChI is InChI=1S/C28H25F5N4O2S/c1-18(36(2)26(38)23-5-3-4-6-24(23)28(31,32)33)25-34-35-27(37(25)17-19-7-9-20(29)10-8-19)40-16-15-39-22-13-11-21(30)12-14-22/h3-14,18H,15-17H2,1-2H3. The molecule has 3 aromatic carbocycles. The number of hydrogen-bond acceptors (Lipinski definition) is 5. The summed E-state index contributed by atoms with van der Waals surface area (Å²) in [5.74, 6) is -0.306. The number of carbonyl (C=O) groups is 1. The summed E-state index contributed by atoms with van der Waals surface area (Å²) in [6, 6.07) is 15.3. The van der Waals surface area contributed by atoms with Crippen LogP contribution < -0.4 is 4.74 Å². The van der Waals surface area contributed by atoms with Crippen molar-refractivity contribution < 1.29 is 31.5 Å². The highest BCUT2D eigenvalue weighted by atomic mass is 32.2. The first-order valence-electron chi connectivity index (χ1n) is 12.2. The zero-order valence-corrected chi connectivity index (χ0v) is 22.3. The van der Waals surface area contributed by atoms with Crippen LogP contribution in [0.4, 0.5) is 22.0 Å². The van der Waals surface area contributed by atoms with Gasteiger partial charge in [-0.15, -0.1) is 10.2 Å². The zero-order valence-electron chi connectivity index (χ0n) is 21.5. The Balaban J connectivity index is 1.56. The van der Waals surface area contributed by atoms with Crippen LogP contribution in [0.25, 0.3) is 0 Å². The molecule has 0 saturated heterocycles. The summed E-state index contributed by atoms with van der Waals surface area (Å²) in [4.78, 5) is 14.4. The number of thioether (sulfide) groups is 1. The van der Waals surface area contributed by atoms with Crippen LogP contribution in [-0.2, 0) is 12.7 Å². The van der Waals surface area contributed by atoms with Crippen LogP contribution in [0.5, 0.6) is 5.75 Å². The molecule has 0 radical (unpaired) electrons. The van der Waals surface area contributed by atoms with E-state index in [1.807, 2.05) is 0 Å². The molecule has 1 aromatic heterocycles. The van der Waals surface area contributed by atoms with E-state index in [4.69, 9.17) is 4.74 Å². The molecule has 0 spiro atoms. The fraction of sp³-hybridized carbons (Fsp3) is 0.250. The van der Waals surface area contributed by atoms with Gasteiger partial charge in [-0.05, 0) is 61.0 Å². The van der Waals surface area contributed by atoms with Gasteiger partial charge in [0, 0.05) is 12.8 Å². The molecule has 6 nitrogen and oxygen atoms in total. The maximum atomic E-state index is 13.6. The van der Waals surface area contributed by atoms with Gasteiger partial charge < -0.3 is 9.64 Å². The fourth-order valence-electron chi connectivity index (χ4n) is 3.92. The van der Waals surface area contributed by atoms with Gasteiger partial charge in [-0.2, -0.15) is 13.2 Å². The van der Waals surface area contributed by atoms with Gasteiger partial charge in [-0.1, -0.05) is 36.0 Å². The minimum Gasteiger partial charge on any atom is -0.493 e. The second kappa shape index (κ2) is 12.5. The molecule has 1 amide bonds. The number of carbonyl (C=O) groups excluding carboxylic acids is 1. The molecule has 210 valence electrons. The molecule has 4 aromatic rings. The van der Waals surface area contributed by atoms with Gasteiger partial charge in [0.2, 0.25) is 0 Å². The van der Waals surface area contributed by atoms with Gasteiger partial charge in [-0.25, -0.2) is 8.78 Å². The van der Waals surface area contributed by atoms with Crippen LogP contribution in [-0.4, -0.2) is 45.0 Å². The van der Waals surface area contributed by atoms with Gasteiger partial charge >= 0.3 is 6.18 Å². The Morgan fingerprint density at radius 1 is 0.975 bits per heavy atom. The number of ether oxygens (including phenoxy) is 1. The maximum Gasteiger partial charge on any atom is 0.417 e. The first-order valence-corrected chi connectivity index (χ1v) is 13.1. The number of amides is 1. The van der Waals surface area contributed by atoms with E-state index in [1.165, 1.54) is 72.2 Å². The first-order chi connectivity index (χ1) is 19.0. The second-order valence-corrected chi connectivity index (χ2v) is 9.90. The first kappa shape index (κ1) is 29.1. The third-order valence-electron chi connectivity index (χ3n) is 6.13. The molecule has 0 aliphatic carbocycles. The number of benzene rings is 3. The molecule has 0 fully saturated rings. The number of halogens is 5. The molecule has 0 aliphatic rings. The Morgan fingerprint density at radius 2 is 1.60 bits per heavy atom. The Kier molecular flexibility index (Phi) is 9.08. The Labute approximate surface area is 231 Å². The normalized spacial score (nSPS) is 12.3. The largest absolute Gasteiger partial charge is 0.493 e. The van der Waals surface area contributed by atoms with Gasteiger partial charge in [0.15, 0.2) is 11.0 Å². The lowest BCUT2D eigenvalue weighted by molar-refractivity contribution is -0.138. The minimum absolute atomic E-state index is 0.231. The lowest BCUT2D eigenvalue weighted by Crippen LogP contribution is -2.33. The molecule has 12 heteroatoms. The van der Waals surface area contributed by atoms with Gasteiger partial charge in [0.1, 0.15) is 17.4 Å². The van der Waals surface area contributed by atoms with E-state index in [2.05, 4.69) is 10.2 Å². The Morgan fingerprint density at radius 3 is 2.25 bits per heavy atom. The molecule has 0 N–H and O–H groups in total. The van der Waals surface area contributed by atoms with E-state index < -0.39 is 35.1 Å². The molecule has 1 heterocycles. The lowest BCUT2D eigenvalue weighted by Gasteiger charge is -2.26. The van der Waals surface area contributed by atoms with Crippen molar-refractivity contribution >= 4 is 17.7 Å². The van der Waals surface area contributed by atoms with Crippen LogP contribution in [0.3, 0.4) is 0 Å². The molecular formula is C28H25F5N4O2S. The van der Waals surface area contributed by atoms with Crippen LogP contribution in [0.15, 0.2) is 78.0 Å². The highest BCUT2D eigenvalue weighted by Crippen LogP contribution is 2.33. The molecule has 1 unspecified atom stereocenters. The quantitative estimate of drug-likeness (QED) is 0.121. The average Bonchev–Trinajstić information content (AvgIpc) is 3.33. The fourth-order valence-corrected chi connectivity index (χ4v) is 4.68. The van der Waals surface area contributed by atoms with Crippen LogP contribution in [0.1, 0.15) is 40.3 Å². The molecule has 0 aliphatic heterocycles. The van der Waals surface area contributed by atoms with Crippen molar-refractivity contribution in [2.24, 2.45) is 0 Å². The predicted octanol–water partition coefficient (Wildman–Crippen LogP) is 6.63. The van der Waals surface area contributed by atoms with Crippen molar-refractivity contribution in [3.63, 3.8) is 0 Å². The number of alkyl halides is 3. The lowest BCUT2D eigenvalue weighted by atomic mass is 10.1. The highest BCUT2D eigenvalue weighted by Gasteiger charge is 2.36. The van der Waals surface area contributed by atoms with Gasteiger partial charge in [0.05, 0.1) is 30.3 Å². The van der Waals surface area contributed by atoms with E-state index in [-0.39, 0.29) is 19.0 Å². The summed E-state index contributed by atoms with van der Waals surface area (Å²) in [5, 5.41) is 9.00. The molecule has 0 bridgehead atoms. The van der Waals surface area contributed by atoms with Crippen LogP contribution >= 0.6 is 11.8 Å². The second-order valence-electron chi connectivity index (χ2n) is 8.84. The van der Waals surface area contributed by atoms with Crippen molar-refractivity contribution in [2.45, 2.75) is 30.8 Å². The number of aromatic nitrogens is 3. The minimum atomic E-state index is -4.70. The smallest absolute Gasteiger partial charge is 0.417 e. The summed E-state index contributed by atoms with van der Waals surface area (Å²) < 4.78 is 74.6. The number of nitrogens with zero attached hydrogens (tertiary/aromatic N) is 4. The van der Waals surface area contributed by atoms with E-state index in [0.717, 1.165) is 17.7 Å². The molecule has 0 saturated carbocycles. The number of rotatable bonds is 10. The zero-order chi connectivity index (χ0) is 28.9. The third-order valence-corrected chi connectivity index (χ3v) is 7.07. The Bertz CT molecular complexity index is 1440.